The van der Waals surface area contributed by atoms with Crippen LogP contribution in [0.25, 0.3) is 0 Å². The van der Waals surface area contributed by atoms with E-state index in [4.69, 9.17) is 5.11 Å². The fourth-order valence-electron chi connectivity index (χ4n) is 0.473. The number of thiazole rings is 1. The molecule has 0 unspecified atom stereocenters. The SMILES string of the molecule is O=[C]Nc1nc(C(=O)O)cs1. The van der Waals surface area contributed by atoms with Crippen molar-refractivity contribution in [2.24, 2.45) is 0 Å². The molecule has 1 radical (unpaired) electrons. The molecule has 0 bridgehead atoms. The van der Waals surface area contributed by atoms with Crippen molar-refractivity contribution in [2.45, 2.75) is 0 Å². The molecule has 0 saturated carbocycles. The van der Waals surface area contributed by atoms with E-state index in [1.54, 1.807) is 0 Å². The van der Waals surface area contributed by atoms with E-state index in [1.807, 2.05) is 0 Å². The van der Waals surface area contributed by atoms with Crippen molar-refractivity contribution in [3.63, 3.8) is 0 Å². The van der Waals surface area contributed by atoms with E-state index in [2.05, 4.69) is 10.3 Å². The first-order chi connectivity index (χ1) is 5.24. The van der Waals surface area contributed by atoms with Crippen LogP contribution in [0.2, 0.25) is 0 Å². The highest BCUT2D eigenvalue weighted by atomic mass is 32.1. The van der Waals surface area contributed by atoms with Crippen LogP contribution in [0, 0.1) is 0 Å². The summed E-state index contributed by atoms with van der Waals surface area (Å²) in [5.74, 6) is -1.11. The van der Waals surface area contributed by atoms with Gasteiger partial charge in [0.05, 0.1) is 0 Å². The number of anilines is 1. The van der Waals surface area contributed by atoms with Gasteiger partial charge in [0.15, 0.2) is 10.8 Å². The lowest BCUT2D eigenvalue weighted by molar-refractivity contribution is 0.0691. The number of aromatic nitrogens is 1. The van der Waals surface area contributed by atoms with Gasteiger partial charge in [-0.25, -0.2) is 9.78 Å². The monoisotopic (exact) mass is 171 g/mol. The van der Waals surface area contributed by atoms with Gasteiger partial charge in [-0.05, 0) is 0 Å². The zero-order valence-electron chi connectivity index (χ0n) is 5.20. The molecular weight excluding hydrogens is 168 g/mol. The second-order valence-corrected chi connectivity index (χ2v) is 2.43. The van der Waals surface area contributed by atoms with Crippen LogP contribution in [0.3, 0.4) is 0 Å². The van der Waals surface area contributed by atoms with Gasteiger partial charge in [0.1, 0.15) is 0 Å². The summed E-state index contributed by atoms with van der Waals surface area (Å²) in [7, 11) is 0. The number of hydrogen-bond acceptors (Lipinski definition) is 4. The topological polar surface area (TPSA) is 79.3 Å². The van der Waals surface area contributed by atoms with Crippen molar-refractivity contribution < 1.29 is 14.7 Å². The molecular formula is C5H3N2O3S. The molecule has 11 heavy (non-hydrogen) atoms. The predicted molar refractivity (Wildman–Crippen MR) is 38.4 cm³/mol. The van der Waals surface area contributed by atoms with Crippen LogP contribution < -0.4 is 5.32 Å². The summed E-state index contributed by atoms with van der Waals surface area (Å²) in [6.07, 6.45) is 1.39. The molecule has 0 aliphatic carbocycles. The van der Waals surface area contributed by atoms with Gasteiger partial charge >= 0.3 is 12.4 Å². The number of hydrogen-bond donors (Lipinski definition) is 2. The lowest BCUT2D eigenvalue weighted by Gasteiger charge is -1.84. The average Bonchev–Trinajstić information content (AvgIpc) is 2.37. The quantitative estimate of drug-likeness (QED) is 0.642. The second kappa shape index (κ2) is 3.11. The summed E-state index contributed by atoms with van der Waals surface area (Å²) < 4.78 is 0. The Hall–Kier alpha value is -1.43. The van der Waals surface area contributed by atoms with Crippen LogP contribution in [-0.2, 0) is 4.79 Å². The Balaban J connectivity index is 2.81. The minimum Gasteiger partial charge on any atom is -0.476 e. The van der Waals surface area contributed by atoms with Gasteiger partial charge in [0.2, 0.25) is 0 Å². The standard InChI is InChI=1S/C5H3N2O3S/c8-2-6-5-7-3(1-11-5)4(9)10/h1H,(H,9,10)(H,6,7,8). The Morgan fingerprint density at radius 3 is 3.00 bits per heavy atom. The molecule has 1 heterocycles. The Labute approximate surface area is 65.7 Å². The maximum Gasteiger partial charge on any atom is 0.355 e. The lowest BCUT2D eigenvalue weighted by atomic mass is 10.5. The molecule has 1 aromatic rings. The molecule has 57 valence electrons. The zero-order chi connectivity index (χ0) is 8.27. The Kier molecular flexibility index (Phi) is 2.17. The fraction of sp³-hybridized carbons (Fsp3) is 0. The average molecular weight is 171 g/mol. The third kappa shape index (κ3) is 1.74. The van der Waals surface area contributed by atoms with Crippen LogP contribution in [-0.4, -0.2) is 22.5 Å². The summed E-state index contributed by atoms with van der Waals surface area (Å²) in [6.45, 7) is 0. The first-order valence-electron chi connectivity index (χ1n) is 2.56. The molecule has 5 nitrogen and oxygen atoms in total. The molecule has 2 N–H and O–H groups in total. The molecule has 0 atom stereocenters. The summed E-state index contributed by atoms with van der Waals surface area (Å²) >= 11 is 1.04. The molecule has 1 aromatic heterocycles. The van der Waals surface area contributed by atoms with Gasteiger partial charge in [0.25, 0.3) is 0 Å². The minimum absolute atomic E-state index is 0.0762. The van der Waals surface area contributed by atoms with E-state index < -0.39 is 5.97 Å². The van der Waals surface area contributed by atoms with Crippen molar-refractivity contribution in [3.05, 3.63) is 11.1 Å². The van der Waals surface area contributed by atoms with Gasteiger partial charge in [-0.2, -0.15) is 0 Å². The molecule has 0 aliphatic rings. The number of rotatable bonds is 3. The zero-order valence-corrected chi connectivity index (χ0v) is 6.01. The third-order valence-corrected chi connectivity index (χ3v) is 1.64. The Bertz CT molecular complexity index is 283. The van der Waals surface area contributed by atoms with Crippen molar-refractivity contribution in [1.82, 2.24) is 4.98 Å². The van der Waals surface area contributed by atoms with Crippen LogP contribution in [0.15, 0.2) is 5.38 Å². The molecule has 0 aliphatic heterocycles. The second-order valence-electron chi connectivity index (χ2n) is 1.57. The van der Waals surface area contributed by atoms with Gasteiger partial charge in [0, 0.05) is 5.38 Å². The number of carbonyl (C=O) groups excluding carboxylic acids is 1. The third-order valence-electron chi connectivity index (χ3n) is 0.881. The first-order valence-corrected chi connectivity index (χ1v) is 3.44. The maximum atomic E-state index is 10.2. The fourth-order valence-corrected chi connectivity index (χ4v) is 1.10. The normalized spacial score (nSPS) is 9.09. The maximum absolute atomic E-state index is 10.2. The van der Waals surface area contributed by atoms with E-state index in [1.165, 1.54) is 11.8 Å². The summed E-state index contributed by atoms with van der Waals surface area (Å²) in [5, 5.41) is 12.1. The number of carboxylic acid groups (broad SMARTS) is 1. The van der Waals surface area contributed by atoms with Crippen molar-refractivity contribution in [1.29, 1.82) is 0 Å². The summed E-state index contributed by atoms with van der Waals surface area (Å²) in [6, 6.07) is 0. The van der Waals surface area contributed by atoms with Gasteiger partial charge in [-0.3, -0.25) is 10.1 Å². The first kappa shape index (κ1) is 7.67. The molecule has 0 spiro atoms. The molecule has 6 heteroatoms. The highest BCUT2D eigenvalue weighted by molar-refractivity contribution is 7.14. The number of nitrogens with one attached hydrogen (secondary N) is 1. The number of carboxylic acids is 1. The molecule has 0 saturated heterocycles. The number of carbonyl (C=O) groups is 1. The number of nitrogens with zero attached hydrogens (tertiary/aromatic N) is 1. The van der Waals surface area contributed by atoms with E-state index >= 15 is 0 Å². The molecule has 0 aromatic carbocycles. The smallest absolute Gasteiger partial charge is 0.355 e. The highest BCUT2D eigenvalue weighted by Gasteiger charge is 2.07. The summed E-state index contributed by atoms with van der Waals surface area (Å²) in [4.78, 5) is 23.5. The van der Waals surface area contributed by atoms with Gasteiger partial charge in [-0.15, -0.1) is 11.3 Å². The van der Waals surface area contributed by atoms with E-state index in [-0.39, 0.29) is 10.8 Å². The Morgan fingerprint density at radius 1 is 1.82 bits per heavy atom. The van der Waals surface area contributed by atoms with Crippen molar-refractivity contribution in [3.8, 4) is 0 Å². The number of aromatic carboxylic acids is 1. The molecule has 0 fully saturated rings. The highest BCUT2D eigenvalue weighted by Crippen LogP contribution is 2.13. The van der Waals surface area contributed by atoms with Gasteiger partial charge in [-0.1, -0.05) is 0 Å². The van der Waals surface area contributed by atoms with Crippen molar-refractivity contribution >= 4 is 28.8 Å². The van der Waals surface area contributed by atoms with Crippen LogP contribution in [0.5, 0.6) is 0 Å². The van der Waals surface area contributed by atoms with E-state index in [9.17, 15) is 9.59 Å². The Morgan fingerprint density at radius 2 is 2.55 bits per heavy atom. The molecule has 1 amide bonds. The van der Waals surface area contributed by atoms with E-state index in [0.29, 0.717) is 0 Å². The summed E-state index contributed by atoms with van der Waals surface area (Å²) in [5.41, 5.74) is -0.0762. The van der Waals surface area contributed by atoms with Crippen LogP contribution >= 0.6 is 11.3 Å². The minimum atomic E-state index is -1.11. The van der Waals surface area contributed by atoms with Crippen LogP contribution in [0.4, 0.5) is 5.13 Å². The van der Waals surface area contributed by atoms with Crippen LogP contribution in [0.1, 0.15) is 10.5 Å². The van der Waals surface area contributed by atoms with Gasteiger partial charge < -0.3 is 5.11 Å². The number of amides is 1. The molecule has 1 rings (SSSR count). The van der Waals surface area contributed by atoms with Crippen molar-refractivity contribution in [2.75, 3.05) is 5.32 Å². The largest absolute Gasteiger partial charge is 0.476 e. The predicted octanol–water partition coefficient (Wildman–Crippen LogP) is 0.320. The van der Waals surface area contributed by atoms with E-state index in [0.717, 1.165) is 11.3 Å². The lowest BCUT2D eigenvalue weighted by Crippen LogP contribution is -1.98.